The predicted molar refractivity (Wildman–Crippen MR) is 128 cm³/mol. The van der Waals surface area contributed by atoms with Gasteiger partial charge in [0.1, 0.15) is 5.69 Å². The monoisotopic (exact) mass is 479 g/mol. The first-order valence-corrected chi connectivity index (χ1v) is 11.6. The molecule has 0 bridgehead atoms. The fourth-order valence-corrected chi connectivity index (χ4v) is 4.44. The van der Waals surface area contributed by atoms with E-state index in [9.17, 15) is 19.7 Å². The third-order valence-electron chi connectivity index (χ3n) is 6.34. The van der Waals surface area contributed by atoms with Gasteiger partial charge in [-0.15, -0.1) is 0 Å². The highest BCUT2D eigenvalue weighted by molar-refractivity contribution is 5.95. The van der Waals surface area contributed by atoms with Crippen LogP contribution in [-0.2, 0) is 13.6 Å². The van der Waals surface area contributed by atoms with Gasteiger partial charge < -0.3 is 19.4 Å². The molecule has 0 radical (unpaired) electrons. The molecular formula is C24H29N7O4. The number of carbonyl (C=O) groups excluding carboxylic acids is 2. The van der Waals surface area contributed by atoms with Crippen molar-refractivity contribution in [3.63, 3.8) is 0 Å². The van der Waals surface area contributed by atoms with Crippen LogP contribution in [0.4, 0.5) is 5.69 Å². The van der Waals surface area contributed by atoms with Gasteiger partial charge in [-0.2, -0.15) is 0 Å². The maximum atomic E-state index is 13.0. The Morgan fingerprint density at radius 3 is 2.69 bits per heavy atom. The van der Waals surface area contributed by atoms with Crippen LogP contribution < -0.4 is 5.32 Å². The molecule has 0 atom stereocenters. The van der Waals surface area contributed by atoms with E-state index in [-0.39, 0.29) is 23.4 Å². The Balaban J connectivity index is 1.38. The first-order chi connectivity index (χ1) is 16.8. The number of pyridine rings is 1. The van der Waals surface area contributed by atoms with Crippen molar-refractivity contribution in [3.8, 4) is 0 Å². The molecule has 35 heavy (non-hydrogen) atoms. The van der Waals surface area contributed by atoms with Crippen LogP contribution in [0.25, 0.3) is 0 Å². The number of hydrogen-bond acceptors (Lipinski definition) is 6. The molecule has 1 N–H and O–H groups in total. The van der Waals surface area contributed by atoms with Crippen molar-refractivity contribution in [2.24, 2.45) is 7.05 Å². The van der Waals surface area contributed by atoms with E-state index in [4.69, 9.17) is 4.98 Å². The minimum atomic E-state index is -0.503. The lowest BCUT2D eigenvalue weighted by molar-refractivity contribution is -0.384. The number of carbonyl (C=O) groups is 2. The Kier molecular flexibility index (Phi) is 7.23. The highest BCUT2D eigenvalue weighted by atomic mass is 16.6. The molecule has 184 valence electrons. The number of imidazole rings is 1. The van der Waals surface area contributed by atoms with Gasteiger partial charge >= 0.3 is 0 Å². The average Bonchev–Trinajstić information content (AvgIpc) is 3.51. The van der Waals surface area contributed by atoms with E-state index in [2.05, 4.69) is 10.3 Å². The summed E-state index contributed by atoms with van der Waals surface area (Å²) in [4.78, 5) is 46.9. The van der Waals surface area contributed by atoms with Crippen molar-refractivity contribution >= 4 is 17.5 Å². The number of nitrogens with one attached hydrogen (secondary N) is 1. The lowest BCUT2D eigenvalue weighted by Gasteiger charge is -2.32. The lowest BCUT2D eigenvalue weighted by Crippen LogP contribution is -2.39. The van der Waals surface area contributed by atoms with Gasteiger partial charge in [0.15, 0.2) is 0 Å². The minimum absolute atomic E-state index is 0.0494. The van der Waals surface area contributed by atoms with Crippen molar-refractivity contribution in [2.75, 3.05) is 19.6 Å². The standard InChI is InChI=1S/C24H29N7O4/c1-17-4-5-20(23(32)26-8-3-10-29-13-9-25-16-29)22(27-17)18-6-11-30(12-7-18)24(33)21-14-19(31(34)35)15-28(21)2/h4-5,9,13-16,18H,3,6-8,10-12H2,1-2H3,(H,26,32). The second-order valence-electron chi connectivity index (χ2n) is 8.81. The number of hydrogen-bond donors (Lipinski definition) is 1. The summed E-state index contributed by atoms with van der Waals surface area (Å²) < 4.78 is 3.46. The van der Waals surface area contributed by atoms with Gasteiger partial charge in [0.25, 0.3) is 17.5 Å². The summed E-state index contributed by atoms with van der Waals surface area (Å²) in [6.07, 6.45) is 8.82. The van der Waals surface area contributed by atoms with Crippen LogP contribution in [-0.4, -0.2) is 60.4 Å². The van der Waals surface area contributed by atoms with Gasteiger partial charge in [-0.1, -0.05) is 0 Å². The fraction of sp³-hybridized carbons (Fsp3) is 0.417. The molecule has 3 aromatic heterocycles. The highest BCUT2D eigenvalue weighted by Gasteiger charge is 2.30. The topological polar surface area (TPSA) is 128 Å². The van der Waals surface area contributed by atoms with Crippen molar-refractivity contribution in [2.45, 2.75) is 38.6 Å². The molecule has 1 aliphatic rings. The fourth-order valence-electron chi connectivity index (χ4n) is 4.44. The second-order valence-corrected chi connectivity index (χ2v) is 8.81. The molecule has 1 aliphatic heterocycles. The molecule has 4 rings (SSSR count). The molecule has 0 aromatic carbocycles. The molecule has 2 amide bonds. The molecule has 1 saturated heterocycles. The first-order valence-electron chi connectivity index (χ1n) is 11.6. The maximum absolute atomic E-state index is 13.0. The first kappa shape index (κ1) is 24.1. The van der Waals surface area contributed by atoms with Gasteiger partial charge in [-0.05, 0) is 38.3 Å². The highest BCUT2D eigenvalue weighted by Crippen LogP contribution is 2.30. The summed E-state index contributed by atoms with van der Waals surface area (Å²) in [5.74, 6) is -0.326. The van der Waals surface area contributed by atoms with Crippen LogP contribution in [0.3, 0.4) is 0 Å². The molecule has 1 fully saturated rings. The number of nitrogens with zero attached hydrogens (tertiary/aromatic N) is 6. The Morgan fingerprint density at radius 1 is 1.26 bits per heavy atom. The van der Waals surface area contributed by atoms with Crippen LogP contribution in [0.5, 0.6) is 0 Å². The average molecular weight is 480 g/mol. The summed E-state index contributed by atoms with van der Waals surface area (Å²) in [5.41, 5.74) is 2.36. The van der Waals surface area contributed by atoms with Crippen LogP contribution in [0.2, 0.25) is 0 Å². The van der Waals surface area contributed by atoms with E-state index >= 15 is 0 Å². The number of likely N-dealkylation sites (tertiary alicyclic amines) is 1. The van der Waals surface area contributed by atoms with Gasteiger partial charge in [-0.25, -0.2) is 4.98 Å². The minimum Gasteiger partial charge on any atom is -0.352 e. The normalized spacial score (nSPS) is 14.2. The molecule has 3 aromatic rings. The van der Waals surface area contributed by atoms with Gasteiger partial charge in [0.2, 0.25) is 0 Å². The predicted octanol–water partition coefficient (Wildman–Crippen LogP) is 2.67. The van der Waals surface area contributed by atoms with Crippen LogP contribution in [0.1, 0.15) is 57.4 Å². The zero-order chi connectivity index (χ0) is 24.9. The lowest BCUT2D eigenvalue weighted by atomic mass is 9.89. The van der Waals surface area contributed by atoms with Crippen LogP contribution in [0, 0.1) is 17.0 Å². The summed E-state index contributed by atoms with van der Waals surface area (Å²) in [6.45, 7) is 4.20. The molecule has 11 heteroatoms. The Labute approximate surface area is 202 Å². The van der Waals surface area contributed by atoms with E-state index in [0.717, 1.165) is 24.4 Å². The summed E-state index contributed by atoms with van der Waals surface area (Å²) >= 11 is 0. The Bertz CT molecular complexity index is 1210. The van der Waals surface area contributed by atoms with E-state index in [1.165, 1.54) is 16.8 Å². The Hall–Kier alpha value is -4.02. The van der Waals surface area contributed by atoms with Gasteiger partial charge in [-0.3, -0.25) is 24.7 Å². The van der Waals surface area contributed by atoms with Crippen LogP contribution >= 0.6 is 0 Å². The number of rotatable bonds is 8. The molecule has 11 nitrogen and oxygen atoms in total. The van der Waals surface area contributed by atoms with Crippen molar-refractivity contribution < 1.29 is 14.5 Å². The van der Waals surface area contributed by atoms with Crippen molar-refractivity contribution in [1.82, 2.24) is 29.3 Å². The second kappa shape index (κ2) is 10.5. The molecule has 4 heterocycles. The Morgan fingerprint density at radius 2 is 2.03 bits per heavy atom. The largest absolute Gasteiger partial charge is 0.352 e. The van der Waals surface area contributed by atoms with Crippen molar-refractivity contribution in [1.29, 1.82) is 0 Å². The van der Waals surface area contributed by atoms with E-state index < -0.39 is 4.92 Å². The van der Waals surface area contributed by atoms with E-state index in [1.54, 1.807) is 24.5 Å². The molecular weight excluding hydrogens is 450 g/mol. The number of piperidine rings is 1. The number of aryl methyl sites for hydroxylation is 3. The van der Waals surface area contributed by atoms with E-state index in [1.807, 2.05) is 29.8 Å². The number of amides is 2. The molecule has 0 unspecified atom stereocenters. The number of aromatic nitrogens is 4. The summed E-state index contributed by atoms with van der Waals surface area (Å²) in [5, 5.41) is 14.0. The van der Waals surface area contributed by atoms with Crippen molar-refractivity contribution in [3.05, 3.63) is 75.9 Å². The van der Waals surface area contributed by atoms with Crippen LogP contribution in [0.15, 0.2) is 43.1 Å². The summed E-state index contributed by atoms with van der Waals surface area (Å²) in [6, 6.07) is 4.97. The smallest absolute Gasteiger partial charge is 0.287 e. The van der Waals surface area contributed by atoms with E-state index in [0.29, 0.717) is 43.7 Å². The zero-order valence-electron chi connectivity index (χ0n) is 19.9. The van der Waals surface area contributed by atoms with Gasteiger partial charge in [0.05, 0.1) is 28.7 Å². The number of nitro groups is 1. The van der Waals surface area contributed by atoms with Gasteiger partial charge in [0, 0.05) is 63.3 Å². The zero-order valence-corrected chi connectivity index (χ0v) is 19.9. The molecule has 0 spiro atoms. The quantitative estimate of drug-likeness (QED) is 0.301. The SMILES string of the molecule is Cc1ccc(C(=O)NCCCn2ccnc2)c(C2CCN(C(=O)c3cc([N+](=O)[O-])cn3C)CC2)n1. The maximum Gasteiger partial charge on any atom is 0.287 e. The molecule has 0 saturated carbocycles. The molecule has 0 aliphatic carbocycles. The third kappa shape index (κ3) is 5.56. The summed E-state index contributed by atoms with van der Waals surface area (Å²) in [7, 11) is 1.63. The third-order valence-corrected chi connectivity index (χ3v) is 6.34.